The molecule has 0 bridgehead atoms. The van der Waals surface area contributed by atoms with Gasteiger partial charge in [-0.2, -0.15) is 0 Å². The Bertz CT molecular complexity index is 983. The third-order valence-corrected chi connectivity index (χ3v) is 4.70. The molecule has 0 unspecified atom stereocenters. The average Bonchev–Trinajstić information content (AvgIpc) is 2.88. The Labute approximate surface area is 135 Å². The van der Waals surface area contributed by atoms with Crippen LogP contribution in [0.4, 0.5) is 11.6 Å². The summed E-state index contributed by atoms with van der Waals surface area (Å²) in [7, 11) is -4.04. The second kappa shape index (κ2) is 5.52. The second-order valence-corrected chi connectivity index (χ2v) is 6.67. The van der Waals surface area contributed by atoms with E-state index in [1.54, 1.807) is 24.3 Å². The van der Waals surface area contributed by atoms with Gasteiger partial charge in [-0.3, -0.25) is 10.1 Å². The quantitative estimate of drug-likeness (QED) is 0.552. The zero-order valence-electron chi connectivity index (χ0n) is 11.4. The Kier molecular flexibility index (Phi) is 3.66. The number of anilines is 1. The predicted molar refractivity (Wildman–Crippen MR) is 85.0 cm³/mol. The summed E-state index contributed by atoms with van der Waals surface area (Å²) in [6, 6.07) is 10.2. The minimum atomic E-state index is -4.04. The van der Waals surface area contributed by atoms with E-state index in [2.05, 4.69) is 14.7 Å². The minimum absolute atomic E-state index is 0.0174. The van der Waals surface area contributed by atoms with E-state index in [0.29, 0.717) is 11.0 Å². The van der Waals surface area contributed by atoms with E-state index in [9.17, 15) is 18.5 Å². The van der Waals surface area contributed by atoms with Gasteiger partial charge >= 0.3 is 0 Å². The normalized spacial score (nSPS) is 11.5. The number of nitrogens with one attached hydrogen (secondary N) is 2. The second-order valence-electron chi connectivity index (χ2n) is 4.58. The standard InChI is InChI=1S/C13H9ClN4O4S/c14-9-6-5-8(7-12(9)18(19)20)23(21,22)17-13-15-10-3-1-2-4-11(10)16-13/h1-7H,(H2,15,16,17). The predicted octanol–water partition coefficient (Wildman–Crippen LogP) is 2.93. The van der Waals surface area contributed by atoms with Gasteiger partial charge in [-0.15, -0.1) is 0 Å². The number of sulfonamides is 1. The van der Waals surface area contributed by atoms with Crippen LogP contribution in [0.1, 0.15) is 0 Å². The Morgan fingerprint density at radius 2 is 1.96 bits per heavy atom. The number of nitro groups is 1. The number of H-pyrrole nitrogens is 1. The molecule has 2 aromatic carbocycles. The highest BCUT2D eigenvalue weighted by atomic mass is 35.5. The number of fused-ring (bicyclic) bond motifs is 1. The number of nitrogens with zero attached hydrogens (tertiary/aromatic N) is 2. The van der Waals surface area contributed by atoms with Crippen molar-refractivity contribution in [3.63, 3.8) is 0 Å². The molecule has 0 amide bonds. The molecule has 1 aromatic heterocycles. The van der Waals surface area contributed by atoms with Crippen LogP contribution in [0.3, 0.4) is 0 Å². The first-order valence-corrected chi connectivity index (χ1v) is 8.14. The lowest BCUT2D eigenvalue weighted by molar-refractivity contribution is -0.384. The molecule has 1 heterocycles. The maximum Gasteiger partial charge on any atom is 0.289 e. The van der Waals surface area contributed by atoms with Crippen molar-refractivity contribution in [3.05, 3.63) is 57.6 Å². The van der Waals surface area contributed by atoms with Gasteiger partial charge in [-0.25, -0.2) is 18.1 Å². The lowest BCUT2D eigenvalue weighted by atomic mass is 10.3. The summed E-state index contributed by atoms with van der Waals surface area (Å²) in [5, 5.41) is 10.7. The van der Waals surface area contributed by atoms with E-state index in [1.165, 1.54) is 6.07 Å². The number of hydrogen-bond donors (Lipinski definition) is 2. The Morgan fingerprint density at radius 3 is 2.65 bits per heavy atom. The van der Waals surface area contributed by atoms with Crippen molar-refractivity contribution in [1.29, 1.82) is 0 Å². The van der Waals surface area contributed by atoms with Crippen LogP contribution in [0.2, 0.25) is 5.02 Å². The zero-order chi connectivity index (χ0) is 16.6. The largest absolute Gasteiger partial charge is 0.323 e. The summed E-state index contributed by atoms with van der Waals surface area (Å²) < 4.78 is 26.9. The number of hydrogen-bond acceptors (Lipinski definition) is 5. The van der Waals surface area contributed by atoms with Crippen molar-refractivity contribution in [2.75, 3.05) is 4.72 Å². The molecule has 10 heteroatoms. The molecule has 0 radical (unpaired) electrons. The molecule has 0 atom stereocenters. The van der Waals surface area contributed by atoms with Crippen molar-refractivity contribution < 1.29 is 13.3 Å². The molecule has 0 spiro atoms. The molecule has 0 saturated carbocycles. The summed E-state index contributed by atoms with van der Waals surface area (Å²) in [6.45, 7) is 0. The van der Waals surface area contributed by atoms with E-state index in [-0.39, 0.29) is 15.9 Å². The van der Waals surface area contributed by atoms with Gasteiger partial charge in [0.1, 0.15) is 5.02 Å². The van der Waals surface area contributed by atoms with Crippen LogP contribution in [-0.2, 0) is 10.0 Å². The maximum atomic E-state index is 12.3. The van der Waals surface area contributed by atoms with Crippen LogP contribution in [-0.4, -0.2) is 23.3 Å². The summed E-state index contributed by atoms with van der Waals surface area (Å²) in [5.41, 5.74) is 0.763. The van der Waals surface area contributed by atoms with Gasteiger partial charge in [0, 0.05) is 6.07 Å². The molecule has 0 fully saturated rings. The van der Waals surface area contributed by atoms with Crippen LogP contribution in [0.5, 0.6) is 0 Å². The van der Waals surface area contributed by atoms with Crippen LogP contribution in [0, 0.1) is 10.1 Å². The van der Waals surface area contributed by atoms with Gasteiger partial charge in [-0.05, 0) is 24.3 Å². The Hall–Kier alpha value is -2.65. The molecule has 3 rings (SSSR count). The van der Waals surface area contributed by atoms with Crippen LogP contribution >= 0.6 is 11.6 Å². The van der Waals surface area contributed by atoms with Crippen LogP contribution in [0.15, 0.2) is 47.4 Å². The van der Waals surface area contributed by atoms with Crippen molar-refractivity contribution in [3.8, 4) is 0 Å². The van der Waals surface area contributed by atoms with Crippen LogP contribution < -0.4 is 4.72 Å². The zero-order valence-corrected chi connectivity index (χ0v) is 12.9. The number of rotatable bonds is 4. The molecule has 8 nitrogen and oxygen atoms in total. The number of imidazole rings is 1. The Morgan fingerprint density at radius 1 is 1.22 bits per heavy atom. The first kappa shape index (κ1) is 15.3. The molecule has 118 valence electrons. The molecule has 0 aliphatic carbocycles. The van der Waals surface area contributed by atoms with E-state index in [1.807, 2.05) is 0 Å². The van der Waals surface area contributed by atoms with Gasteiger partial charge in [0.2, 0.25) is 5.95 Å². The number of halogens is 1. The van der Waals surface area contributed by atoms with Gasteiger partial charge in [0.25, 0.3) is 15.7 Å². The first-order chi connectivity index (χ1) is 10.9. The first-order valence-electron chi connectivity index (χ1n) is 6.28. The van der Waals surface area contributed by atoms with Crippen molar-refractivity contribution in [2.24, 2.45) is 0 Å². The highest BCUT2D eigenvalue weighted by molar-refractivity contribution is 7.92. The minimum Gasteiger partial charge on any atom is -0.323 e. The van der Waals surface area contributed by atoms with Gasteiger partial charge in [0.15, 0.2) is 0 Å². The van der Waals surface area contributed by atoms with Gasteiger partial charge in [0.05, 0.1) is 20.9 Å². The summed E-state index contributed by atoms with van der Waals surface area (Å²) in [5.74, 6) is 0.0174. The summed E-state index contributed by atoms with van der Waals surface area (Å²) in [4.78, 5) is 16.7. The van der Waals surface area contributed by atoms with E-state index >= 15 is 0 Å². The molecular formula is C13H9ClN4O4S. The Balaban J connectivity index is 1.98. The van der Waals surface area contributed by atoms with Crippen LogP contribution in [0.25, 0.3) is 11.0 Å². The van der Waals surface area contributed by atoms with Crippen molar-refractivity contribution in [1.82, 2.24) is 9.97 Å². The molecule has 3 aromatic rings. The lowest BCUT2D eigenvalue weighted by Gasteiger charge is -2.05. The van der Waals surface area contributed by atoms with E-state index in [4.69, 9.17) is 11.6 Å². The highest BCUT2D eigenvalue weighted by Crippen LogP contribution is 2.28. The number of para-hydroxylation sites is 2. The van der Waals surface area contributed by atoms with Crippen molar-refractivity contribution >= 4 is 44.3 Å². The molecule has 2 N–H and O–H groups in total. The highest BCUT2D eigenvalue weighted by Gasteiger charge is 2.21. The van der Waals surface area contributed by atoms with Crippen molar-refractivity contribution in [2.45, 2.75) is 4.90 Å². The number of nitro benzene ring substituents is 1. The van der Waals surface area contributed by atoms with E-state index < -0.39 is 20.6 Å². The fraction of sp³-hybridized carbons (Fsp3) is 0. The monoisotopic (exact) mass is 352 g/mol. The lowest BCUT2D eigenvalue weighted by Crippen LogP contribution is -2.14. The molecule has 0 aliphatic heterocycles. The summed E-state index contributed by atoms with van der Waals surface area (Å²) >= 11 is 5.68. The SMILES string of the molecule is O=[N+]([O-])c1cc(S(=O)(=O)Nc2nc3ccccc3[nH]2)ccc1Cl. The number of aromatic nitrogens is 2. The number of aromatic amines is 1. The topological polar surface area (TPSA) is 118 Å². The summed E-state index contributed by atoms with van der Waals surface area (Å²) in [6.07, 6.45) is 0. The maximum absolute atomic E-state index is 12.3. The molecule has 23 heavy (non-hydrogen) atoms. The third kappa shape index (κ3) is 2.96. The average molecular weight is 353 g/mol. The fourth-order valence-electron chi connectivity index (χ4n) is 1.99. The number of benzene rings is 2. The fourth-order valence-corrected chi connectivity index (χ4v) is 3.16. The van der Waals surface area contributed by atoms with Gasteiger partial charge < -0.3 is 4.98 Å². The molecule has 0 saturated heterocycles. The van der Waals surface area contributed by atoms with Gasteiger partial charge in [-0.1, -0.05) is 23.7 Å². The van der Waals surface area contributed by atoms with E-state index in [0.717, 1.165) is 12.1 Å². The molecule has 0 aliphatic rings. The smallest absolute Gasteiger partial charge is 0.289 e. The molecular weight excluding hydrogens is 344 g/mol. The third-order valence-electron chi connectivity index (χ3n) is 3.05.